The van der Waals surface area contributed by atoms with E-state index in [4.69, 9.17) is 16.0 Å². The van der Waals surface area contributed by atoms with E-state index in [1.807, 2.05) is 26.0 Å². The monoisotopic (exact) mass is 470 g/mol. The molecule has 2 aromatic carbocycles. The van der Waals surface area contributed by atoms with Gasteiger partial charge in [0.05, 0.1) is 23.2 Å². The van der Waals surface area contributed by atoms with Crippen molar-refractivity contribution >= 4 is 32.5 Å². The Balaban J connectivity index is 1.82. The van der Waals surface area contributed by atoms with E-state index in [2.05, 4.69) is 4.98 Å². The molecule has 0 saturated carbocycles. The molecule has 0 aliphatic carbocycles. The number of H-pyrrole nitrogens is 1. The summed E-state index contributed by atoms with van der Waals surface area (Å²) in [6, 6.07) is 13.8. The number of rotatable bonds is 6. The summed E-state index contributed by atoms with van der Waals surface area (Å²) >= 11 is 6.09. The number of nitrogens with zero attached hydrogens (tertiary/aromatic N) is 1. The fourth-order valence-electron chi connectivity index (χ4n) is 3.83. The Labute approximate surface area is 191 Å². The largest absolute Gasteiger partial charge is 0.468 e. The normalized spacial score (nSPS) is 12.0. The minimum absolute atomic E-state index is 0.0222. The van der Waals surface area contributed by atoms with Crippen molar-refractivity contribution in [2.24, 2.45) is 0 Å². The fraction of sp³-hybridized carbons (Fsp3) is 0.208. The lowest BCUT2D eigenvalue weighted by atomic mass is 10.1. The molecule has 4 rings (SSSR count). The first kappa shape index (κ1) is 22.3. The van der Waals surface area contributed by atoms with E-state index >= 15 is 0 Å². The average molecular weight is 471 g/mol. The van der Waals surface area contributed by atoms with Gasteiger partial charge in [0.25, 0.3) is 5.56 Å². The van der Waals surface area contributed by atoms with Crippen LogP contribution in [0.5, 0.6) is 0 Å². The number of aromatic nitrogens is 1. The van der Waals surface area contributed by atoms with Crippen LogP contribution in [0.3, 0.4) is 0 Å². The summed E-state index contributed by atoms with van der Waals surface area (Å²) in [7, 11) is -3.98. The number of hydrogen-bond donors (Lipinski definition) is 1. The molecule has 0 amide bonds. The van der Waals surface area contributed by atoms with Gasteiger partial charge in [0.15, 0.2) is 0 Å². The van der Waals surface area contributed by atoms with Crippen LogP contribution in [0, 0.1) is 20.8 Å². The minimum Gasteiger partial charge on any atom is -0.468 e. The van der Waals surface area contributed by atoms with Crippen molar-refractivity contribution in [1.82, 2.24) is 9.29 Å². The molecule has 1 N–H and O–H groups in total. The molecule has 0 spiro atoms. The molecule has 2 heterocycles. The van der Waals surface area contributed by atoms with E-state index in [9.17, 15) is 13.2 Å². The first-order valence-corrected chi connectivity index (χ1v) is 11.9. The Bertz CT molecular complexity index is 1460. The zero-order chi connectivity index (χ0) is 23.0. The van der Waals surface area contributed by atoms with Gasteiger partial charge in [-0.25, -0.2) is 8.42 Å². The lowest BCUT2D eigenvalue weighted by molar-refractivity contribution is 0.357. The summed E-state index contributed by atoms with van der Waals surface area (Å²) in [5.41, 5.74) is 3.35. The number of fused-ring (bicyclic) bond motifs is 1. The molecular weight excluding hydrogens is 448 g/mol. The van der Waals surface area contributed by atoms with Crippen LogP contribution in [-0.4, -0.2) is 17.7 Å². The molecule has 6 nitrogen and oxygen atoms in total. The van der Waals surface area contributed by atoms with Gasteiger partial charge in [-0.1, -0.05) is 29.3 Å². The van der Waals surface area contributed by atoms with E-state index in [1.165, 1.54) is 16.6 Å². The SMILES string of the molecule is Cc1cc(C)c2[nH]c(=O)c(CN(Cc3ccco3)S(=O)(=O)c3cc(Cl)ccc3C)cc2c1. The maximum Gasteiger partial charge on any atom is 0.252 e. The molecule has 0 aliphatic rings. The van der Waals surface area contributed by atoms with E-state index in [1.54, 1.807) is 37.3 Å². The predicted octanol–water partition coefficient (Wildman–Crippen LogP) is 5.09. The molecule has 4 aromatic rings. The van der Waals surface area contributed by atoms with Gasteiger partial charge in [-0.3, -0.25) is 4.79 Å². The summed E-state index contributed by atoms with van der Waals surface area (Å²) in [4.78, 5) is 15.9. The molecule has 0 atom stereocenters. The lowest BCUT2D eigenvalue weighted by Gasteiger charge is -2.22. The summed E-state index contributed by atoms with van der Waals surface area (Å²) in [5, 5.41) is 1.17. The van der Waals surface area contributed by atoms with Gasteiger partial charge in [-0.15, -0.1) is 0 Å². The molecule has 8 heteroatoms. The molecule has 32 heavy (non-hydrogen) atoms. The van der Waals surface area contributed by atoms with Crippen molar-refractivity contribution in [1.29, 1.82) is 0 Å². The molecule has 0 fully saturated rings. The highest BCUT2D eigenvalue weighted by Crippen LogP contribution is 2.27. The van der Waals surface area contributed by atoms with Crippen LogP contribution < -0.4 is 5.56 Å². The van der Waals surface area contributed by atoms with Gasteiger partial charge in [-0.2, -0.15) is 4.31 Å². The number of nitrogens with one attached hydrogen (secondary N) is 1. The van der Waals surface area contributed by atoms with E-state index in [0.717, 1.165) is 22.0 Å². The maximum absolute atomic E-state index is 13.6. The smallest absolute Gasteiger partial charge is 0.252 e. The van der Waals surface area contributed by atoms with Crippen LogP contribution in [0.15, 0.2) is 68.9 Å². The Kier molecular flexibility index (Phi) is 5.99. The number of aromatic amines is 1. The zero-order valence-corrected chi connectivity index (χ0v) is 19.5. The number of furan rings is 1. The number of hydrogen-bond acceptors (Lipinski definition) is 4. The summed E-state index contributed by atoms with van der Waals surface area (Å²) in [6.07, 6.45) is 1.49. The van der Waals surface area contributed by atoms with Crippen LogP contribution in [0.1, 0.15) is 28.0 Å². The lowest BCUT2D eigenvalue weighted by Crippen LogP contribution is -2.33. The highest BCUT2D eigenvalue weighted by molar-refractivity contribution is 7.89. The van der Waals surface area contributed by atoms with Crippen molar-refractivity contribution in [2.75, 3.05) is 0 Å². The summed E-state index contributed by atoms with van der Waals surface area (Å²) < 4.78 is 33.9. The van der Waals surface area contributed by atoms with Gasteiger partial charge in [-0.05, 0) is 73.7 Å². The average Bonchev–Trinajstić information content (AvgIpc) is 3.23. The maximum atomic E-state index is 13.6. The van der Waals surface area contributed by atoms with Crippen molar-refractivity contribution in [3.8, 4) is 0 Å². The van der Waals surface area contributed by atoms with Crippen molar-refractivity contribution in [3.05, 3.63) is 98.2 Å². The number of sulfonamides is 1. The second kappa shape index (κ2) is 8.58. The Hall–Kier alpha value is -2.87. The number of pyridine rings is 1. The number of halogens is 1. The highest BCUT2D eigenvalue weighted by Gasteiger charge is 2.28. The predicted molar refractivity (Wildman–Crippen MR) is 125 cm³/mol. The highest BCUT2D eigenvalue weighted by atomic mass is 35.5. The Morgan fingerprint density at radius 2 is 1.78 bits per heavy atom. The van der Waals surface area contributed by atoms with Gasteiger partial charge in [0.2, 0.25) is 10.0 Å². The third kappa shape index (κ3) is 4.37. The van der Waals surface area contributed by atoms with E-state index in [-0.39, 0.29) is 23.5 Å². The number of benzene rings is 2. The van der Waals surface area contributed by atoms with Crippen LogP contribution in [0.2, 0.25) is 5.02 Å². The second-order valence-corrected chi connectivity index (χ2v) is 10.3. The summed E-state index contributed by atoms with van der Waals surface area (Å²) in [6.45, 7) is 5.48. The molecule has 0 aliphatic heterocycles. The van der Waals surface area contributed by atoms with Crippen molar-refractivity contribution < 1.29 is 12.8 Å². The molecular formula is C24H23ClN2O4S. The van der Waals surface area contributed by atoms with E-state index in [0.29, 0.717) is 21.9 Å². The second-order valence-electron chi connectivity index (χ2n) is 7.93. The van der Waals surface area contributed by atoms with Crippen molar-refractivity contribution in [2.45, 2.75) is 38.8 Å². The first-order valence-electron chi connectivity index (χ1n) is 10.1. The minimum atomic E-state index is -3.98. The standard InChI is InChI=1S/C24H23ClN2O4S/c1-15-9-17(3)23-18(10-15)11-19(24(28)26-23)13-27(14-21-5-4-8-31-21)32(29,30)22-12-20(25)7-6-16(22)2/h4-12H,13-14H2,1-3H3,(H,26,28). The fourth-order valence-corrected chi connectivity index (χ4v) is 5.70. The van der Waals surface area contributed by atoms with E-state index < -0.39 is 10.0 Å². The number of aryl methyl sites for hydroxylation is 3. The van der Waals surface area contributed by atoms with Gasteiger partial charge in [0, 0.05) is 17.1 Å². The molecule has 2 aromatic heterocycles. The molecule has 0 saturated heterocycles. The van der Waals surface area contributed by atoms with Crippen LogP contribution in [0.4, 0.5) is 0 Å². The Morgan fingerprint density at radius 1 is 1.00 bits per heavy atom. The van der Waals surface area contributed by atoms with Gasteiger partial charge >= 0.3 is 0 Å². The van der Waals surface area contributed by atoms with Crippen LogP contribution in [0.25, 0.3) is 10.9 Å². The van der Waals surface area contributed by atoms with Gasteiger partial charge < -0.3 is 9.40 Å². The topological polar surface area (TPSA) is 83.4 Å². The van der Waals surface area contributed by atoms with Gasteiger partial charge in [0.1, 0.15) is 5.76 Å². The molecule has 0 unspecified atom stereocenters. The molecule has 166 valence electrons. The molecule has 0 bridgehead atoms. The third-order valence-electron chi connectivity index (χ3n) is 5.40. The van der Waals surface area contributed by atoms with Crippen LogP contribution >= 0.6 is 11.6 Å². The third-order valence-corrected chi connectivity index (χ3v) is 7.57. The zero-order valence-electron chi connectivity index (χ0n) is 18.0. The first-order chi connectivity index (χ1) is 15.1. The Morgan fingerprint density at radius 3 is 2.50 bits per heavy atom. The van der Waals surface area contributed by atoms with Crippen molar-refractivity contribution in [3.63, 3.8) is 0 Å². The van der Waals surface area contributed by atoms with Crippen LogP contribution in [-0.2, 0) is 23.1 Å². The summed E-state index contributed by atoms with van der Waals surface area (Å²) in [5.74, 6) is 0.470. The molecule has 0 radical (unpaired) electrons. The quantitative estimate of drug-likeness (QED) is 0.425.